The quantitative estimate of drug-likeness (QED) is 0.695. The molecule has 156 valence electrons. The van der Waals surface area contributed by atoms with Crippen LogP contribution in [0.15, 0.2) is 35.2 Å². The second-order valence-electron chi connectivity index (χ2n) is 7.47. The molecule has 1 aromatic heterocycles. The Hall–Kier alpha value is -2.87. The number of para-hydroxylation sites is 1. The lowest BCUT2D eigenvalue weighted by atomic mass is 10.2. The van der Waals surface area contributed by atoms with E-state index in [0.29, 0.717) is 18.8 Å². The van der Waals surface area contributed by atoms with Gasteiger partial charge in [0.25, 0.3) is 11.1 Å². The van der Waals surface area contributed by atoms with Gasteiger partial charge in [0.2, 0.25) is 5.91 Å². The zero-order valence-electron chi connectivity index (χ0n) is 16.9. The Balaban J connectivity index is 1.59. The van der Waals surface area contributed by atoms with Crippen molar-refractivity contribution in [1.29, 1.82) is 0 Å². The van der Waals surface area contributed by atoms with Gasteiger partial charge in [0.05, 0.1) is 10.6 Å². The van der Waals surface area contributed by atoms with Crippen molar-refractivity contribution in [2.24, 2.45) is 0 Å². The van der Waals surface area contributed by atoms with E-state index in [1.54, 1.807) is 33.7 Å². The van der Waals surface area contributed by atoms with Crippen molar-refractivity contribution in [3.63, 3.8) is 0 Å². The Bertz CT molecular complexity index is 1070. The van der Waals surface area contributed by atoms with E-state index in [4.69, 9.17) is 0 Å². The first-order valence-electron chi connectivity index (χ1n) is 9.84. The number of imide groups is 1. The van der Waals surface area contributed by atoms with Gasteiger partial charge < -0.3 is 9.47 Å². The molecule has 1 aromatic carbocycles. The number of aryl methyl sites for hydroxylation is 1. The molecular formula is C22H22FN3O3S. The maximum Gasteiger partial charge on any atom is 0.294 e. The van der Waals surface area contributed by atoms with Gasteiger partial charge in [0.1, 0.15) is 12.4 Å². The van der Waals surface area contributed by atoms with E-state index >= 15 is 0 Å². The smallest absolute Gasteiger partial charge is 0.294 e. The van der Waals surface area contributed by atoms with E-state index in [0.717, 1.165) is 46.5 Å². The van der Waals surface area contributed by atoms with Crippen molar-refractivity contribution in [3.05, 3.63) is 58.0 Å². The lowest BCUT2D eigenvalue weighted by Gasteiger charge is -2.18. The summed E-state index contributed by atoms with van der Waals surface area (Å²) in [4.78, 5) is 40.5. The standard InChI is InChI=1S/C22H22FN3O3S/c1-14-11-16(15(2)26(14)18-8-4-3-7-17(18)23)12-19-21(28)25(22(29)30-19)13-20(27)24-9-5-6-10-24/h3-4,7-8,11-12H,5-6,9-10,13H2,1-2H3/b19-12+. The fourth-order valence-corrected chi connectivity index (χ4v) is 4.75. The molecule has 2 saturated heterocycles. The zero-order valence-corrected chi connectivity index (χ0v) is 17.7. The Morgan fingerprint density at radius 3 is 2.57 bits per heavy atom. The van der Waals surface area contributed by atoms with Gasteiger partial charge in [-0.3, -0.25) is 19.3 Å². The van der Waals surface area contributed by atoms with Crippen molar-refractivity contribution in [1.82, 2.24) is 14.4 Å². The minimum atomic E-state index is -0.465. The summed E-state index contributed by atoms with van der Waals surface area (Å²) in [5.74, 6) is -1.01. The molecule has 2 aliphatic heterocycles. The van der Waals surface area contributed by atoms with E-state index in [1.165, 1.54) is 6.07 Å². The predicted molar refractivity (Wildman–Crippen MR) is 114 cm³/mol. The molecule has 6 nitrogen and oxygen atoms in total. The van der Waals surface area contributed by atoms with Crippen LogP contribution in [0.1, 0.15) is 29.8 Å². The van der Waals surface area contributed by atoms with E-state index < -0.39 is 11.1 Å². The fourth-order valence-electron chi connectivity index (χ4n) is 3.92. The van der Waals surface area contributed by atoms with E-state index in [-0.39, 0.29) is 23.2 Å². The van der Waals surface area contributed by atoms with Gasteiger partial charge >= 0.3 is 0 Å². The highest BCUT2D eigenvalue weighted by molar-refractivity contribution is 8.18. The molecule has 30 heavy (non-hydrogen) atoms. The van der Waals surface area contributed by atoms with Crippen molar-refractivity contribution in [3.8, 4) is 5.69 Å². The van der Waals surface area contributed by atoms with Gasteiger partial charge in [-0.1, -0.05) is 12.1 Å². The molecule has 0 N–H and O–H groups in total. The first kappa shape index (κ1) is 20.4. The van der Waals surface area contributed by atoms with Crippen LogP contribution in [0.2, 0.25) is 0 Å². The highest BCUT2D eigenvalue weighted by Crippen LogP contribution is 2.34. The third kappa shape index (κ3) is 3.67. The van der Waals surface area contributed by atoms with Crippen LogP contribution in [0.5, 0.6) is 0 Å². The van der Waals surface area contributed by atoms with Crippen LogP contribution in [-0.2, 0) is 9.59 Å². The summed E-state index contributed by atoms with van der Waals surface area (Å²) in [5.41, 5.74) is 2.73. The van der Waals surface area contributed by atoms with Crippen LogP contribution in [-0.4, -0.2) is 51.1 Å². The fraction of sp³-hybridized carbons (Fsp3) is 0.318. The predicted octanol–water partition coefficient (Wildman–Crippen LogP) is 3.89. The van der Waals surface area contributed by atoms with Gasteiger partial charge in [0.15, 0.2) is 0 Å². The minimum Gasteiger partial charge on any atom is -0.341 e. The third-order valence-electron chi connectivity index (χ3n) is 5.48. The summed E-state index contributed by atoms with van der Waals surface area (Å²) in [7, 11) is 0. The molecule has 0 bridgehead atoms. The highest BCUT2D eigenvalue weighted by atomic mass is 32.2. The molecule has 0 unspecified atom stereocenters. The van der Waals surface area contributed by atoms with Gasteiger partial charge in [0, 0.05) is 24.5 Å². The number of rotatable bonds is 4. The monoisotopic (exact) mass is 427 g/mol. The third-order valence-corrected chi connectivity index (χ3v) is 6.38. The molecule has 0 radical (unpaired) electrons. The van der Waals surface area contributed by atoms with Crippen molar-refractivity contribution >= 4 is 34.9 Å². The number of likely N-dealkylation sites (tertiary alicyclic amines) is 1. The Labute approximate surface area is 178 Å². The topological polar surface area (TPSA) is 62.6 Å². The minimum absolute atomic E-state index is 0.200. The first-order chi connectivity index (χ1) is 14.4. The summed E-state index contributed by atoms with van der Waals surface area (Å²) in [6.07, 6.45) is 3.54. The number of thioether (sulfide) groups is 1. The normalized spacial score (nSPS) is 18.2. The average Bonchev–Trinajstić information content (AvgIpc) is 3.40. The molecule has 8 heteroatoms. The number of halogens is 1. The van der Waals surface area contributed by atoms with Crippen LogP contribution >= 0.6 is 11.8 Å². The zero-order chi connectivity index (χ0) is 21.4. The summed E-state index contributed by atoms with van der Waals surface area (Å²) in [6.45, 7) is 4.82. The molecule has 2 aliphatic rings. The summed E-state index contributed by atoms with van der Waals surface area (Å²) >= 11 is 0.828. The molecular weight excluding hydrogens is 405 g/mol. The molecule has 3 amide bonds. The number of nitrogens with zero attached hydrogens (tertiary/aromatic N) is 3. The maximum atomic E-state index is 14.3. The number of aromatic nitrogens is 1. The molecule has 2 fully saturated rings. The van der Waals surface area contributed by atoms with E-state index in [2.05, 4.69) is 0 Å². The lowest BCUT2D eigenvalue weighted by molar-refractivity contribution is -0.135. The molecule has 0 atom stereocenters. The maximum absolute atomic E-state index is 14.3. The van der Waals surface area contributed by atoms with E-state index in [1.807, 2.05) is 19.9 Å². The van der Waals surface area contributed by atoms with Crippen LogP contribution in [0.3, 0.4) is 0 Å². The molecule has 4 rings (SSSR count). The number of benzene rings is 1. The van der Waals surface area contributed by atoms with Crippen molar-refractivity contribution < 1.29 is 18.8 Å². The number of amides is 3. The summed E-state index contributed by atoms with van der Waals surface area (Å²) in [6, 6.07) is 8.34. The molecule has 0 aliphatic carbocycles. The molecule has 2 aromatic rings. The SMILES string of the molecule is Cc1cc(/C=C2/SC(=O)N(CC(=O)N3CCCC3)C2=O)c(C)n1-c1ccccc1F. The highest BCUT2D eigenvalue weighted by Gasteiger charge is 2.37. The van der Waals surface area contributed by atoms with Crippen molar-refractivity contribution in [2.75, 3.05) is 19.6 Å². The Morgan fingerprint density at radius 1 is 1.17 bits per heavy atom. The van der Waals surface area contributed by atoms with Crippen LogP contribution in [0.4, 0.5) is 9.18 Å². The Kier molecular flexibility index (Phi) is 5.51. The number of carbonyl (C=O) groups is 3. The largest absolute Gasteiger partial charge is 0.341 e. The average molecular weight is 428 g/mol. The number of carbonyl (C=O) groups excluding carboxylic acids is 3. The summed E-state index contributed by atoms with van der Waals surface area (Å²) < 4.78 is 16.1. The Morgan fingerprint density at radius 2 is 1.87 bits per heavy atom. The second kappa shape index (κ2) is 8.10. The van der Waals surface area contributed by atoms with E-state index in [9.17, 15) is 18.8 Å². The molecule has 0 saturated carbocycles. The van der Waals surface area contributed by atoms with Crippen LogP contribution in [0, 0.1) is 19.7 Å². The molecule has 3 heterocycles. The summed E-state index contributed by atoms with van der Waals surface area (Å²) in [5, 5.41) is -0.443. The second-order valence-corrected chi connectivity index (χ2v) is 8.46. The van der Waals surface area contributed by atoms with Crippen LogP contribution < -0.4 is 0 Å². The van der Waals surface area contributed by atoms with Gasteiger partial charge in [-0.05, 0) is 68.3 Å². The first-order valence-corrected chi connectivity index (χ1v) is 10.7. The van der Waals surface area contributed by atoms with Gasteiger partial charge in [-0.2, -0.15) is 0 Å². The van der Waals surface area contributed by atoms with Gasteiger partial charge in [-0.15, -0.1) is 0 Å². The number of hydrogen-bond acceptors (Lipinski definition) is 4. The number of hydrogen-bond donors (Lipinski definition) is 0. The lowest BCUT2D eigenvalue weighted by Crippen LogP contribution is -2.40. The van der Waals surface area contributed by atoms with Gasteiger partial charge in [-0.25, -0.2) is 4.39 Å². The van der Waals surface area contributed by atoms with Crippen molar-refractivity contribution in [2.45, 2.75) is 26.7 Å². The molecule has 0 spiro atoms. The van der Waals surface area contributed by atoms with Crippen LogP contribution in [0.25, 0.3) is 11.8 Å².